The van der Waals surface area contributed by atoms with E-state index in [4.69, 9.17) is 0 Å². The van der Waals surface area contributed by atoms with E-state index >= 15 is 0 Å². The molecular weight excluding hydrogens is 371 g/mol. The first-order valence-electron chi connectivity index (χ1n) is 9.99. The largest absolute Gasteiger partial charge is 0.370 e. The Balaban J connectivity index is 1.42. The third kappa shape index (κ3) is 4.04. The van der Waals surface area contributed by atoms with Crippen molar-refractivity contribution in [1.29, 1.82) is 5.26 Å². The van der Waals surface area contributed by atoms with Crippen LogP contribution in [0.3, 0.4) is 0 Å². The molecule has 0 aromatic heterocycles. The number of halogens is 1. The Hall–Kier alpha value is -2.69. The van der Waals surface area contributed by atoms with Crippen molar-refractivity contribution in [3.8, 4) is 6.07 Å². The number of likely N-dealkylation sites (N-methyl/N-ethyl adjacent to an activating group) is 1. The molecule has 5 unspecified atom stereocenters. The van der Waals surface area contributed by atoms with E-state index < -0.39 is 18.1 Å². The van der Waals surface area contributed by atoms with Crippen LogP contribution in [0.2, 0.25) is 0 Å². The van der Waals surface area contributed by atoms with E-state index in [1.54, 1.807) is 42.4 Å². The van der Waals surface area contributed by atoms with Gasteiger partial charge >= 0.3 is 0 Å². The summed E-state index contributed by atoms with van der Waals surface area (Å²) < 4.78 is 14.7. The van der Waals surface area contributed by atoms with Crippen LogP contribution in [0.5, 0.6) is 0 Å². The van der Waals surface area contributed by atoms with Crippen molar-refractivity contribution in [2.45, 2.75) is 50.0 Å². The van der Waals surface area contributed by atoms with Crippen molar-refractivity contribution in [3.05, 3.63) is 53.5 Å². The van der Waals surface area contributed by atoms with Crippen LogP contribution in [0.4, 0.5) is 4.39 Å². The minimum atomic E-state index is -0.779. The molecule has 5 atom stereocenters. The molecule has 0 radical (unpaired) electrons. The van der Waals surface area contributed by atoms with E-state index in [2.05, 4.69) is 16.7 Å². The molecule has 1 aliphatic carbocycles. The highest BCUT2D eigenvalue weighted by Gasteiger charge is 2.43. The molecule has 6 nitrogen and oxygen atoms in total. The molecule has 2 fully saturated rings. The molecule has 3 N–H and O–H groups in total. The molecule has 1 aromatic rings. The number of carbonyl (C=O) groups is 1. The van der Waals surface area contributed by atoms with E-state index in [0.717, 1.165) is 24.8 Å². The summed E-state index contributed by atoms with van der Waals surface area (Å²) in [5, 5.41) is 25.2. The monoisotopic (exact) mass is 396 g/mol. The van der Waals surface area contributed by atoms with Crippen LogP contribution in [0.15, 0.2) is 36.6 Å². The fourth-order valence-electron chi connectivity index (χ4n) is 4.49. The predicted molar refractivity (Wildman–Crippen MR) is 107 cm³/mol. The van der Waals surface area contributed by atoms with E-state index in [-0.39, 0.29) is 18.4 Å². The quantitative estimate of drug-likeness (QED) is 0.705. The van der Waals surface area contributed by atoms with Gasteiger partial charge in [0.05, 0.1) is 12.1 Å². The number of hydrogen-bond donors (Lipinski definition) is 3. The first-order chi connectivity index (χ1) is 13.9. The fourth-order valence-corrected chi connectivity index (χ4v) is 4.49. The van der Waals surface area contributed by atoms with E-state index in [0.29, 0.717) is 23.1 Å². The zero-order valence-electron chi connectivity index (χ0n) is 16.3. The molecule has 1 saturated heterocycles. The summed E-state index contributed by atoms with van der Waals surface area (Å²) in [5.74, 6) is -0.248. The van der Waals surface area contributed by atoms with Gasteiger partial charge < -0.3 is 20.6 Å². The van der Waals surface area contributed by atoms with Crippen LogP contribution in [-0.4, -0.2) is 47.3 Å². The second-order valence-corrected chi connectivity index (χ2v) is 8.14. The number of nitrogens with zero attached hydrogens (tertiary/aromatic N) is 2. The van der Waals surface area contributed by atoms with Crippen LogP contribution >= 0.6 is 0 Å². The number of rotatable bonds is 5. The number of piperidine rings is 1. The second kappa shape index (κ2) is 7.97. The van der Waals surface area contributed by atoms with Gasteiger partial charge in [0.2, 0.25) is 5.91 Å². The van der Waals surface area contributed by atoms with E-state index in [9.17, 15) is 19.6 Å². The Morgan fingerprint density at radius 3 is 2.93 bits per heavy atom. The van der Waals surface area contributed by atoms with Gasteiger partial charge in [0.25, 0.3) is 0 Å². The Morgan fingerprint density at radius 1 is 1.48 bits per heavy atom. The minimum absolute atomic E-state index is 0.114. The highest BCUT2D eigenvalue weighted by Crippen LogP contribution is 2.35. The average Bonchev–Trinajstić information content (AvgIpc) is 3.34. The molecule has 152 valence electrons. The third-order valence-electron chi connectivity index (χ3n) is 6.13. The SMILES string of the molecule is CN1C=C(c2ccc(CC(C#N)NC(=O)C3NC4CCC3C4)c(F)c2)C=CC1O. The Bertz CT molecular complexity index is 907. The molecule has 2 bridgehead atoms. The van der Waals surface area contributed by atoms with Crippen LogP contribution in [-0.2, 0) is 11.2 Å². The first kappa shape index (κ1) is 19.6. The number of nitrogens with one attached hydrogen (secondary N) is 2. The Kier molecular flexibility index (Phi) is 5.39. The van der Waals surface area contributed by atoms with Gasteiger partial charge in [-0.25, -0.2) is 4.39 Å². The lowest BCUT2D eigenvalue weighted by molar-refractivity contribution is -0.124. The maximum atomic E-state index is 14.7. The van der Waals surface area contributed by atoms with Crippen LogP contribution in [0, 0.1) is 23.1 Å². The molecule has 0 spiro atoms. The van der Waals surface area contributed by atoms with Gasteiger partial charge in [0, 0.05) is 25.7 Å². The number of carbonyl (C=O) groups excluding carboxylic acids is 1. The number of benzene rings is 1. The number of fused-ring (bicyclic) bond motifs is 2. The topological polar surface area (TPSA) is 88.4 Å². The number of aliphatic hydroxyl groups is 1. The van der Waals surface area contributed by atoms with Crippen molar-refractivity contribution in [2.24, 2.45) is 5.92 Å². The Morgan fingerprint density at radius 2 is 2.31 bits per heavy atom. The molecule has 2 aliphatic heterocycles. The van der Waals surface area contributed by atoms with Crippen LogP contribution < -0.4 is 10.6 Å². The standard InChI is InChI=1S/C22H25FN4O2/c1-27-12-16(5-7-20(27)28)13-2-3-14(19(23)10-13)8-18(11-24)26-22(29)21-15-4-6-17(9-15)25-21/h2-3,5,7,10,12,15,17-18,20-21,25,28H,4,6,8-9H2,1H3,(H,26,29). The maximum Gasteiger partial charge on any atom is 0.238 e. The molecule has 1 saturated carbocycles. The Labute approximate surface area is 169 Å². The number of nitriles is 1. The highest BCUT2D eigenvalue weighted by atomic mass is 19.1. The maximum absolute atomic E-state index is 14.7. The number of amides is 1. The molecule has 4 rings (SSSR count). The smallest absolute Gasteiger partial charge is 0.238 e. The van der Waals surface area contributed by atoms with Crippen molar-refractivity contribution in [2.75, 3.05) is 7.05 Å². The van der Waals surface area contributed by atoms with Gasteiger partial charge in [-0.1, -0.05) is 18.2 Å². The lowest BCUT2D eigenvalue weighted by atomic mass is 9.97. The second-order valence-electron chi connectivity index (χ2n) is 8.14. The van der Waals surface area contributed by atoms with Gasteiger partial charge in [-0.3, -0.25) is 4.79 Å². The zero-order valence-corrected chi connectivity index (χ0v) is 16.3. The lowest BCUT2D eigenvalue weighted by Crippen LogP contribution is -2.50. The highest BCUT2D eigenvalue weighted by molar-refractivity contribution is 5.83. The summed E-state index contributed by atoms with van der Waals surface area (Å²) in [6.07, 6.45) is 7.72. The summed E-state index contributed by atoms with van der Waals surface area (Å²) in [4.78, 5) is 14.2. The number of allylic oxidation sites excluding steroid dienone is 2. The van der Waals surface area contributed by atoms with Gasteiger partial charge in [0.1, 0.15) is 18.1 Å². The molecule has 3 aliphatic rings. The lowest BCUT2D eigenvalue weighted by Gasteiger charge is -2.24. The van der Waals surface area contributed by atoms with Crippen molar-refractivity contribution in [1.82, 2.24) is 15.5 Å². The zero-order chi connectivity index (χ0) is 20.5. The van der Waals surface area contributed by atoms with Gasteiger partial charge in [-0.2, -0.15) is 5.26 Å². The summed E-state index contributed by atoms with van der Waals surface area (Å²) in [5.41, 5.74) is 1.86. The predicted octanol–water partition coefficient (Wildman–Crippen LogP) is 1.68. The molecule has 29 heavy (non-hydrogen) atoms. The summed E-state index contributed by atoms with van der Waals surface area (Å²) in [6.45, 7) is 0. The van der Waals surface area contributed by atoms with Gasteiger partial charge in [-0.05, 0) is 54.0 Å². The number of hydrogen-bond acceptors (Lipinski definition) is 5. The number of aliphatic hydroxyl groups excluding tert-OH is 1. The van der Waals surface area contributed by atoms with Crippen LogP contribution in [0.25, 0.3) is 5.57 Å². The molecular formula is C22H25FN4O2. The first-order valence-corrected chi connectivity index (χ1v) is 9.99. The average molecular weight is 396 g/mol. The van der Waals surface area contributed by atoms with Crippen molar-refractivity contribution < 1.29 is 14.3 Å². The third-order valence-corrected chi connectivity index (χ3v) is 6.13. The van der Waals surface area contributed by atoms with Crippen molar-refractivity contribution >= 4 is 11.5 Å². The minimum Gasteiger partial charge on any atom is -0.370 e. The van der Waals surface area contributed by atoms with Gasteiger partial charge in [-0.15, -0.1) is 0 Å². The molecule has 7 heteroatoms. The normalized spacial score (nSPS) is 28.8. The van der Waals surface area contributed by atoms with E-state index in [1.807, 2.05) is 0 Å². The fraction of sp³-hybridized carbons (Fsp3) is 0.455. The summed E-state index contributed by atoms with van der Waals surface area (Å²) in [6, 6.07) is 6.32. The van der Waals surface area contributed by atoms with Crippen molar-refractivity contribution in [3.63, 3.8) is 0 Å². The molecule has 1 aromatic carbocycles. The molecule has 1 amide bonds. The van der Waals surface area contributed by atoms with Gasteiger partial charge in [0.15, 0.2) is 0 Å². The van der Waals surface area contributed by atoms with Crippen LogP contribution in [0.1, 0.15) is 30.4 Å². The molecule has 2 heterocycles. The summed E-state index contributed by atoms with van der Waals surface area (Å²) >= 11 is 0. The van der Waals surface area contributed by atoms with E-state index in [1.165, 1.54) is 6.07 Å². The summed E-state index contributed by atoms with van der Waals surface area (Å²) in [7, 11) is 1.74.